The van der Waals surface area contributed by atoms with Crippen LogP contribution in [0.2, 0.25) is 0 Å². The molecule has 3 aromatic rings. The zero-order chi connectivity index (χ0) is 26.6. The van der Waals surface area contributed by atoms with Crippen molar-refractivity contribution in [3.05, 3.63) is 53.8 Å². The molecule has 0 spiro atoms. The van der Waals surface area contributed by atoms with E-state index in [1.807, 2.05) is 38.1 Å². The lowest BCUT2D eigenvalue weighted by atomic mass is 9.90. The number of aryl methyl sites for hydroxylation is 1. The van der Waals surface area contributed by atoms with E-state index in [0.29, 0.717) is 31.3 Å². The van der Waals surface area contributed by atoms with Gasteiger partial charge in [0.25, 0.3) is 5.91 Å². The number of hydrogen-bond donors (Lipinski definition) is 2. The quantitative estimate of drug-likeness (QED) is 0.348. The Bertz CT molecular complexity index is 1350. The first-order chi connectivity index (χ1) is 17.8. The van der Waals surface area contributed by atoms with E-state index >= 15 is 0 Å². The lowest BCUT2D eigenvalue weighted by Crippen LogP contribution is -2.60. The van der Waals surface area contributed by atoms with Gasteiger partial charge >= 0.3 is 0 Å². The molecule has 8 heteroatoms. The van der Waals surface area contributed by atoms with Crippen molar-refractivity contribution in [2.75, 3.05) is 19.1 Å². The molecule has 1 aliphatic carbocycles. The number of carbonyl (C=O) groups is 2. The van der Waals surface area contributed by atoms with E-state index in [1.165, 1.54) is 5.56 Å². The van der Waals surface area contributed by atoms with Crippen molar-refractivity contribution in [2.24, 2.45) is 0 Å². The van der Waals surface area contributed by atoms with Crippen LogP contribution in [-0.4, -0.2) is 42.0 Å². The lowest BCUT2D eigenvalue weighted by molar-refractivity contribution is -0.128. The maximum Gasteiger partial charge on any atom is 0.287 e. The second-order valence-corrected chi connectivity index (χ2v) is 10.5. The van der Waals surface area contributed by atoms with Crippen molar-refractivity contribution < 1.29 is 18.7 Å². The number of furan rings is 1. The monoisotopic (exact) mass is 519 g/mol. The molecule has 0 atom stereocenters. The molecule has 0 aliphatic heterocycles. The molecule has 0 saturated heterocycles. The molecule has 0 radical (unpaired) electrons. The van der Waals surface area contributed by atoms with Crippen molar-refractivity contribution in [3.63, 3.8) is 0 Å². The summed E-state index contributed by atoms with van der Waals surface area (Å²) < 4.78 is 11.6. The normalized spacial score (nSPS) is 14.1. The molecule has 4 rings (SSSR count). The van der Waals surface area contributed by atoms with Crippen LogP contribution in [0.1, 0.15) is 55.6 Å². The zero-order valence-electron chi connectivity index (χ0n) is 21.8. The maximum atomic E-state index is 13.2. The van der Waals surface area contributed by atoms with Crippen molar-refractivity contribution in [1.82, 2.24) is 10.6 Å². The largest absolute Gasteiger partial charge is 0.496 e. The molecule has 2 aromatic carbocycles. The second-order valence-electron chi connectivity index (χ2n) is 9.52. The predicted octanol–water partition coefficient (Wildman–Crippen LogP) is 5.47. The number of hydrogen-bond acceptors (Lipinski definition) is 6. The van der Waals surface area contributed by atoms with Crippen LogP contribution in [0.4, 0.5) is 0 Å². The third-order valence-corrected chi connectivity index (χ3v) is 7.86. The van der Waals surface area contributed by atoms with Gasteiger partial charge in [0.15, 0.2) is 5.76 Å². The Morgan fingerprint density at radius 1 is 1.14 bits per heavy atom. The first kappa shape index (κ1) is 26.6. The molecule has 37 heavy (non-hydrogen) atoms. The number of ether oxygens (including phenoxy) is 1. The number of carbonyl (C=O) groups excluding carboxylic acids is 2. The Balaban J connectivity index is 1.56. The highest BCUT2D eigenvalue weighted by Crippen LogP contribution is 2.35. The summed E-state index contributed by atoms with van der Waals surface area (Å²) in [5.41, 5.74) is 1.77. The van der Waals surface area contributed by atoms with Gasteiger partial charge in [-0.2, -0.15) is 17.0 Å². The van der Waals surface area contributed by atoms with Gasteiger partial charge in [-0.15, -0.1) is 0 Å². The summed E-state index contributed by atoms with van der Waals surface area (Å²) >= 11 is 1.80. The topological polar surface area (TPSA) is 104 Å². The summed E-state index contributed by atoms with van der Waals surface area (Å²) in [7, 11) is 1.68. The highest BCUT2D eigenvalue weighted by Gasteiger charge is 2.48. The molecule has 7 nitrogen and oxygen atoms in total. The third-order valence-electron chi connectivity index (χ3n) is 7.25. The lowest BCUT2D eigenvalue weighted by Gasteiger charge is -2.32. The Morgan fingerprint density at radius 2 is 1.84 bits per heavy atom. The minimum atomic E-state index is -1.12. The molecule has 194 valence electrons. The van der Waals surface area contributed by atoms with Gasteiger partial charge in [-0.3, -0.25) is 9.59 Å². The van der Waals surface area contributed by atoms with Gasteiger partial charge in [0.05, 0.1) is 13.2 Å². The SMILES string of the molecule is CCC(CC)(NC(=O)c1cc2ccc(-c3ccc(CCSC)c(OC)c3)cc2o1)C(=O)NC1(C#N)CC1. The van der Waals surface area contributed by atoms with E-state index in [9.17, 15) is 14.9 Å². The number of fused-ring (bicyclic) bond motifs is 1. The van der Waals surface area contributed by atoms with Crippen LogP contribution >= 0.6 is 11.8 Å². The van der Waals surface area contributed by atoms with Crippen LogP contribution in [0, 0.1) is 11.3 Å². The summed E-state index contributed by atoms with van der Waals surface area (Å²) in [6, 6.07) is 15.9. The van der Waals surface area contributed by atoms with Crippen LogP contribution in [-0.2, 0) is 11.2 Å². The van der Waals surface area contributed by atoms with Gasteiger partial charge in [0.1, 0.15) is 22.4 Å². The minimum absolute atomic E-state index is 0.137. The summed E-state index contributed by atoms with van der Waals surface area (Å²) in [5, 5.41) is 15.9. The van der Waals surface area contributed by atoms with Crippen LogP contribution in [0.25, 0.3) is 22.1 Å². The number of rotatable bonds is 11. The van der Waals surface area contributed by atoms with Crippen LogP contribution in [0.5, 0.6) is 5.75 Å². The van der Waals surface area contributed by atoms with Gasteiger partial charge in [-0.05, 0) is 79.0 Å². The second kappa shape index (κ2) is 10.9. The molecule has 0 bridgehead atoms. The van der Waals surface area contributed by atoms with Gasteiger partial charge in [0.2, 0.25) is 5.91 Å². The minimum Gasteiger partial charge on any atom is -0.496 e. The summed E-state index contributed by atoms with van der Waals surface area (Å²) in [4.78, 5) is 26.3. The number of nitrogens with one attached hydrogen (secondary N) is 2. The van der Waals surface area contributed by atoms with Crippen molar-refractivity contribution in [2.45, 2.75) is 57.0 Å². The van der Waals surface area contributed by atoms with E-state index in [-0.39, 0.29) is 11.7 Å². The fraction of sp³-hybridized carbons (Fsp3) is 0.414. The van der Waals surface area contributed by atoms with E-state index in [0.717, 1.165) is 34.4 Å². The van der Waals surface area contributed by atoms with E-state index in [1.54, 1.807) is 24.9 Å². The number of methoxy groups -OCH3 is 1. The first-order valence-corrected chi connectivity index (χ1v) is 14.0. The zero-order valence-corrected chi connectivity index (χ0v) is 22.6. The molecule has 2 amide bonds. The standard InChI is InChI=1S/C29H33N3O4S/c1-5-29(6-2,27(34)32-28(18-30)12-13-28)31-26(33)25-17-22-10-9-21(16-24(22)36-25)20-8-7-19(11-14-37-4)23(15-20)35-3/h7-10,15-17H,5-6,11-14H2,1-4H3,(H,31,33)(H,32,34). The number of nitriles is 1. The molecular weight excluding hydrogens is 486 g/mol. The Morgan fingerprint density at radius 3 is 2.46 bits per heavy atom. The highest BCUT2D eigenvalue weighted by molar-refractivity contribution is 7.98. The van der Waals surface area contributed by atoms with Gasteiger partial charge < -0.3 is 19.8 Å². The fourth-order valence-corrected chi connectivity index (χ4v) is 4.90. The molecule has 1 saturated carbocycles. The van der Waals surface area contributed by atoms with Crippen LogP contribution < -0.4 is 15.4 Å². The molecule has 1 aliphatic rings. The van der Waals surface area contributed by atoms with Gasteiger partial charge in [-0.1, -0.05) is 38.1 Å². The number of thioether (sulfide) groups is 1. The first-order valence-electron chi connectivity index (χ1n) is 12.6. The van der Waals surface area contributed by atoms with Crippen molar-refractivity contribution >= 4 is 34.5 Å². The molecule has 2 N–H and O–H groups in total. The highest BCUT2D eigenvalue weighted by atomic mass is 32.2. The van der Waals surface area contributed by atoms with E-state index < -0.39 is 17.0 Å². The fourth-order valence-electron chi connectivity index (χ4n) is 4.48. The third kappa shape index (κ3) is 5.47. The molecule has 1 heterocycles. The smallest absolute Gasteiger partial charge is 0.287 e. The number of nitrogens with zero attached hydrogens (tertiary/aromatic N) is 1. The summed E-state index contributed by atoms with van der Waals surface area (Å²) in [5.74, 6) is 1.22. The van der Waals surface area contributed by atoms with Crippen LogP contribution in [0.3, 0.4) is 0 Å². The average molecular weight is 520 g/mol. The predicted molar refractivity (Wildman–Crippen MR) is 147 cm³/mol. The molecule has 1 aromatic heterocycles. The number of benzene rings is 2. The van der Waals surface area contributed by atoms with Gasteiger partial charge in [0, 0.05) is 5.39 Å². The van der Waals surface area contributed by atoms with Crippen LogP contribution in [0.15, 0.2) is 46.9 Å². The summed E-state index contributed by atoms with van der Waals surface area (Å²) in [6.45, 7) is 3.70. The molecule has 0 unspecified atom stereocenters. The average Bonchev–Trinajstić information content (AvgIpc) is 3.56. The Kier molecular flexibility index (Phi) is 7.84. The van der Waals surface area contributed by atoms with E-state index in [2.05, 4.69) is 35.1 Å². The van der Waals surface area contributed by atoms with Gasteiger partial charge in [-0.25, -0.2) is 0 Å². The Hall–Kier alpha value is -3.44. The van der Waals surface area contributed by atoms with Crippen molar-refractivity contribution in [1.29, 1.82) is 5.26 Å². The molecular formula is C29H33N3O4S. The summed E-state index contributed by atoms with van der Waals surface area (Å²) in [6.07, 6.45) is 5.07. The van der Waals surface area contributed by atoms with Crippen molar-refractivity contribution in [3.8, 4) is 22.9 Å². The number of amides is 2. The Labute approximate surface area is 221 Å². The molecule has 1 fully saturated rings. The van der Waals surface area contributed by atoms with E-state index in [4.69, 9.17) is 9.15 Å². The maximum absolute atomic E-state index is 13.2.